The molecule has 0 spiro atoms. The zero-order valence-electron chi connectivity index (χ0n) is 11.1. The van der Waals surface area contributed by atoms with Crippen LogP contribution in [0.2, 0.25) is 0 Å². The molecule has 0 bridgehead atoms. The number of hydrogen-bond acceptors (Lipinski definition) is 1. The van der Waals surface area contributed by atoms with Gasteiger partial charge in [-0.15, -0.1) is 0 Å². The molecular weight excluding hydrogens is 236 g/mol. The van der Waals surface area contributed by atoms with Gasteiger partial charge in [-0.1, -0.05) is 42.5 Å². The first-order valence-corrected chi connectivity index (χ1v) is 6.36. The first-order valence-electron chi connectivity index (χ1n) is 6.36. The number of H-pyrrole nitrogens is 1. The quantitative estimate of drug-likeness (QED) is 0.747. The summed E-state index contributed by atoms with van der Waals surface area (Å²) in [7, 11) is 0. The Labute approximate surface area is 111 Å². The third kappa shape index (κ3) is 1.78. The smallest absolute Gasteiger partial charge is 0.306 e. The van der Waals surface area contributed by atoms with Crippen molar-refractivity contribution in [3.05, 3.63) is 70.6 Å². The van der Waals surface area contributed by atoms with E-state index in [4.69, 9.17) is 0 Å². The number of aromatic amines is 1. The summed E-state index contributed by atoms with van der Waals surface area (Å²) in [6, 6.07) is 17.9. The number of benzene rings is 2. The molecule has 3 heteroatoms. The highest BCUT2D eigenvalue weighted by atomic mass is 16.1. The maximum absolute atomic E-state index is 12.3. The van der Waals surface area contributed by atoms with Crippen LogP contribution in [0.15, 0.2) is 59.4 Å². The Morgan fingerprint density at radius 3 is 2.32 bits per heavy atom. The summed E-state index contributed by atoms with van der Waals surface area (Å²) in [6.45, 7) is 4.12. The van der Waals surface area contributed by atoms with Gasteiger partial charge in [-0.2, -0.15) is 0 Å². The number of para-hydroxylation sites is 2. The first kappa shape index (κ1) is 11.8. The third-order valence-corrected chi connectivity index (χ3v) is 3.63. The van der Waals surface area contributed by atoms with Crippen LogP contribution >= 0.6 is 0 Å². The molecule has 0 saturated carbocycles. The maximum atomic E-state index is 12.3. The molecule has 0 fully saturated rings. The van der Waals surface area contributed by atoms with Gasteiger partial charge in [0.05, 0.1) is 16.6 Å². The SMILES string of the molecule is CC(C)(c1ccccc1)n1c(=O)[nH]c2ccccc21. The number of hydrogen-bond donors (Lipinski definition) is 1. The highest BCUT2D eigenvalue weighted by molar-refractivity contribution is 5.75. The van der Waals surface area contributed by atoms with Crippen LogP contribution in [0.4, 0.5) is 0 Å². The number of aromatic nitrogens is 2. The fourth-order valence-electron chi connectivity index (χ4n) is 2.58. The van der Waals surface area contributed by atoms with Gasteiger partial charge in [0.25, 0.3) is 0 Å². The van der Waals surface area contributed by atoms with Gasteiger partial charge >= 0.3 is 5.69 Å². The van der Waals surface area contributed by atoms with Crippen molar-refractivity contribution in [3.63, 3.8) is 0 Å². The molecule has 1 aromatic heterocycles. The normalized spacial score (nSPS) is 11.9. The standard InChI is InChI=1S/C16H16N2O/c1-16(2,12-8-4-3-5-9-12)18-14-11-7-6-10-13(14)17-15(18)19/h3-11H,1-2H3,(H,17,19). The van der Waals surface area contributed by atoms with Crippen molar-refractivity contribution in [2.45, 2.75) is 19.4 Å². The van der Waals surface area contributed by atoms with E-state index in [0.29, 0.717) is 0 Å². The van der Waals surface area contributed by atoms with Gasteiger partial charge in [-0.3, -0.25) is 4.57 Å². The lowest BCUT2D eigenvalue weighted by molar-refractivity contribution is 0.436. The zero-order chi connectivity index (χ0) is 13.5. The number of imidazole rings is 1. The van der Waals surface area contributed by atoms with Crippen molar-refractivity contribution in [3.8, 4) is 0 Å². The van der Waals surface area contributed by atoms with Gasteiger partial charge in [0.15, 0.2) is 0 Å². The number of nitrogens with one attached hydrogen (secondary N) is 1. The second-order valence-electron chi connectivity index (χ2n) is 5.21. The Hall–Kier alpha value is -2.29. The summed E-state index contributed by atoms with van der Waals surface area (Å²) in [5.74, 6) is 0. The molecule has 1 heterocycles. The summed E-state index contributed by atoms with van der Waals surface area (Å²) >= 11 is 0. The van der Waals surface area contributed by atoms with E-state index in [-0.39, 0.29) is 5.69 Å². The molecule has 0 unspecified atom stereocenters. The predicted molar refractivity (Wildman–Crippen MR) is 77.4 cm³/mol. The van der Waals surface area contributed by atoms with Crippen LogP contribution in [0.25, 0.3) is 11.0 Å². The second kappa shape index (κ2) is 4.12. The van der Waals surface area contributed by atoms with Gasteiger partial charge in [-0.05, 0) is 31.5 Å². The zero-order valence-corrected chi connectivity index (χ0v) is 11.1. The Bertz CT molecular complexity index is 766. The largest absolute Gasteiger partial charge is 0.327 e. The Kier molecular flexibility index (Phi) is 2.56. The summed E-state index contributed by atoms with van der Waals surface area (Å²) in [5.41, 5.74) is 2.45. The van der Waals surface area contributed by atoms with E-state index in [2.05, 4.69) is 18.8 Å². The molecular formula is C16H16N2O. The average Bonchev–Trinajstić information content (AvgIpc) is 2.76. The number of nitrogens with zero attached hydrogens (tertiary/aromatic N) is 1. The van der Waals surface area contributed by atoms with Gasteiger partial charge < -0.3 is 4.98 Å². The third-order valence-electron chi connectivity index (χ3n) is 3.63. The lowest BCUT2D eigenvalue weighted by atomic mass is 9.94. The van der Waals surface area contributed by atoms with Gasteiger partial charge in [0.1, 0.15) is 0 Å². The summed E-state index contributed by atoms with van der Waals surface area (Å²) in [6.07, 6.45) is 0. The minimum absolute atomic E-state index is 0.0740. The van der Waals surface area contributed by atoms with Crippen LogP contribution < -0.4 is 5.69 Å². The Balaban J connectivity index is 2.30. The molecule has 3 nitrogen and oxygen atoms in total. The van der Waals surface area contributed by atoms with Crippen LogP contribution in [0, 0.1) is 0 Å². The topological polar surface area (TPSA) is 37.8 Å². The van der Waals surface area contributed by atoms with E-state index in [1.165, 1.54) is 0 Å². The Morgan fingerprint density at radius 2 is 1.58 bits per heavy atom. The van der Waals surface area contributed by atoms with Crippen LogP contribution in [-0.4, -0.2) is 9.55 Å². The van der Waals surface area contributed by atoms with Crippen LogP contribution in [0.1, 0.15) is 19.4 Å². The van der Waals surface area contributed by atoms with E-state index in [1.807, 2.05) is 59.2 Å². The molecule has 2 aromatic carbocycles. The fraction of sp³-hybridized carbons (Fsp3) is 0.188. The van der Waals surface area contributed by atoms with E-state index >= 15 is 0 Å². The molecule has 0 atom stereocenters. The molecule has 0 saturated heterocycles. The van der Waals surface area contributed by atoms with Crippen LogP contribution in [0.3, 0.4) is 0 Å². The molecule has 3 rings (SSSR count). The number of rotatable bonds is 2. The van der Waals surface area contributed by atoms with E-state index in [1.54, 1.807) is 0 Å². The van der Waals surface area contributed by atoms with Crippen molar-refractivity contribution >= 4 is 11.0 Å². The number of fused-ring (bicyclic) bond motifs is 1. The molecule has 0 amide bonds. The molecule has 19 heavy (non-hydrogen) atoms. The van der Waals surface area contributed by atoms with Gasteiger partial charge in [0, 0.05) is 0 Å². The van der Waals surface area contributed by atoms with Crippen molar-refractivity contribution in [2.24, 2.45) is 0 Å². The molecule has 0 aliphatic rings. The van der Waals surface area contributed by atoms with Crippen molar-refractivity contribution in [1.29, 1.82) is 0 Å². The molecule has 0 aliphatic carbocycles. The maximum Gasteiger partial charge on any atom is 0.327 e. The Morgan fingerprint density at radius 1 is 0.947 bits per heavy atom. The van der Waals surface area contributed by atoms with Crippen molar-refractivity contribution < 1.29 is 0 Å². The minimum Gasteiger partial charge on any atom is -0.306 e. The average molecular weight is 252 g/mol. The highest BCUT2D eigenvalue weighted by Crippen LogP contribution is 2.27. The van der Waals surface area contributed by atoms with E-state index < -0.39 is 5.54 Å². The van der Waals surface area contributed by atoms with Crippen molar-refractivity contribution in [1.82, 2.24) is 9.55 Å². The minimum atomic E-state index is -0.391. The highest BCUT2D eigenvalue weighted by Gasteiger charge is 2.26. The van der Waals surface area contributed by atoms with E-state index in [0.717, 1.165) is 16.6 Å². The van der Waals surface area contributed by atoms with Gasteiger partial charge in [-0.25, -0.2) is 4.79 Å². The predicted octanol–water partition coefficient (Wildman–Crippen LogP) is 3.11. The van der Waals surface area contributed by atoms with Crippen LogP contribution in [-0.2, 0) is 5.54 Å². The molecule has 3 aromatic rings. The molecule has 0 aliphatic heterocycles. The van der Waals surface area contributed by atoms with Crippen LogP contribution in [0.5, 0.6) is 0 Å². The monoisotopic (exact) mass is 252 g/mol. The van der Waals surface area contributed by atoms with Crippen molar-refractivity contribution in [2.75, 3.05) is 0 Å². The summed E-state index contributed by atoms with van der Waals surface area (Å²) in [5, 5.41) is 0. The van der Waals surface area contributed by atoms with E-state index in [9.17, 15) is 4.79 Å². The molecule has 1 N–H and O–H groups in total. The second-order valence-corrected chi connectivity index (χ2v) is 5.21. The molecule has 0 radical (unpaired) electrons. The summed E-state index contributed by atoms with van der Waals surface area (Å²) < 4.78 is 1.82. The lowest BCUT2D eigenvalue weighted by Gasteiger charge is -2.27. The molecule has 96 valence electrons. The fourth-order valence-corrected chi connectivity index (χ4v) is 2.58. The summed E-state index contributed by atoms with van der Waals surface area (Å²) in [4.78, 5) is 15.2. The first-order chi connectivity index (χ1) is 9.10. The van der Waals surface area contributed by atoms with Gasteiger partial charge in [0.2, 0.25) is 0 Å². The lowest BCUT2D eigenvalue weighted by Crippen LogP contribution is -2.35.